The average Bonchev–Trinajstić information content (AvgIpc) is 3.87. The monoisotopic (exact) mass is 694 g/mol. The lowest BCUT2D eigenvalue weighted by atomic mass is 9.77. The molecule has 0 aliphatic carbocycles. The Morgan fingerprint density at radius 2 is 1.25 bits per heavy atom. The minimum Gasteiger partial charge on any atom is -0.710 e. The Morgan fingerprint density at radius 3 is 1.81 bits per heavy atom. The van der Waals surface area contributed by atoms with Gasteiger partial charge in [-0.05, 0) is 55.2 Å². The molecule has 5 aromatic carbocycles. The van der Waals surface area contributed by atoms with E-state index in [0.717, 1.165) is 68.8 Å². The van der Waals surface area contributed by atoms with Crippen LogP contribution in [0, 0.1) is 5.21 Å². The quantitative estimate of drug-likeness (QED) is 0.0728. The highest BCUT2D eigenvalue weighted by molar-refractivity contribution is 5.68. The van der Waals surface area contributed by atoms with E-state index in [-0.39, 0.29) is 0 Å². The van der Waals surface area contributed by atoms with Gasteiger partial charge >= 0.3 is 5.82 Å². The van der Waals surface area contributed by atoms with Crippen molar-refractivity contribution in [1.82, 2.24) is 34.7 Å². The molecule has 8 aromatic rings. The van der Waals surface area contributed by atoms with E-state index in [1.807, 2.05) is 29.1 Å². The Morgan fingerprint density at radius 1 is 0.679 bits per heavy atom. The van der Waals surface area contributed by atoms with Crippen molar-refractivity contribution in [2.45, 2.75) is 38.3 Å². The normalized spacial score (nSPS) is 11.5. The van der Waals surface area contributed by atoms with Crippen LogP contribution in [0.15, 0.2) is 164 Å². The highest BCUT2D eigenvalue weighted by Crippen LogP contribution is 2.42. The molecule has 8 rings (SSSR count). The maximum atomic E-state index is 12.4. The summed E-state index contributed by atoms with van der Waals surface area (Å²) in [5.41, 5.74) is 7.16. The predicted molar refractivity (Wildman–Crippen MR) is 205 cm³/mol. The van der Waals surface area contributed by atoms with Gasteiger partial charge in [-0.1, -0.05) is 153 Å². The molecule has 3 heterocycles. The number of benzene rings is 5. The molecule has 0 N–H and O–H groups in total. The summed E-state index contributed by atoms with van der Waals surface area (Å²) in [5.74, 6) is 1.92. The third kappa shape index (κ3) is 6.49. The average molecular weight is 695 g/mol. The third-order valence-electron chi connectivity index (χ3n) is 9.70. The van der Waals surface area contributed by atoms with Crippen molar-refractivity contribution < 1.29 is 4.73 Å². The fourth-order valence-electron chi connectivity index (χ4n) is 7.08. The van der Waals surface area contributed by atoms with Gasteiger partial charge in [-0.15, -0.1) is 5.10 Å². The van der Waals surface area contributed by atoms with E-state index in [9.17, 15) is 5.21 Å². The van der Waals surface area contributed by atoms with Gasteiger partial charge in [-0.2, -0.15) is 0 Å². The van der Waals surface area contributed by atoms with Crippen LogP contribution in [0.4, 0.5) is 0 Å². The maximum absolute atomic E-state index is 12.4. The fourth-order valence-corrected chi connectivity index (χ4v) is 7.08. The first-order chi connectivity index (χ1) is 26.1. The molecule has 0 fully saturated rings. The molecule has 0 aliphatic heterocycles. The van der Waals surface area contributed by atoms with Gasteiger partial charge in [0.15, 0.2) is 11.5 Å². The zero-order valence-corrected chi connectivity index (χ0v) is 29.4. The first kappa shape index (κ1) is 33.4. The summed E-state index contributed by atoms with van der Waals surface area (Å²) < 4.78 is 4.86. The Bertz CT molecular complexity index is 2310. The lowest BCUT2D eigenvalue weighted by Gasteiger charge is -2.36. The van der Waals surface area contributed by atoms with E-state index in [0.29, 0.717) is 23.9 Å². The molecule has 53 heavy (non-hydrogen) atoms. The molecule has 3 aromatic heterocycles. The summed E-state index contributed by atoms with van der Waals surface area (Å²) in [6, 6.07) is 49.9. The molecular weight excluding hydrogens is 657 g/mol. The van der Waals surface area contributed by atoms with Crippen molar-refractivity contribution in [1.29, 1.82) is 0 Å². The maximum Gasteiger partial charge on any atom is 0.353 e. The standard InChI is InChI=1S/C44H38N8O/c1-2-3-20-41-46-40(43-45-29-13-30-51(43)53)32-50(41)31-33-21-23-34(24-22-33)35-25-27-36(28-26-35)42-47-48-49-52(42)44(37-14-7-4-8-15-37,38-16-9-5-10-17-38)39-18-11-6-12-19-39/h4-19,21-30,32H,2-3,20,31H2,1H3. The van der Waals surface area contributed by atoms with Gasteiger partial charge in [-0.3, -0.25) is 0 Å². The van der Waals surface area contributed by atoms with Crippen LogP contribution in [0.25, 0.3) is 34.0 Å². The van der Waals surface area contributed by atoms with E-state index < -0.39 is 5.54 Å². The van der Waals surface area contributed by atoms with Crippen LogP contribution in [-0.4, -0.2) is 34.7 Å². The van der Waals surface area contributed by atoms with E-state index in [1.165, 1.54) is 6.20 Å². The first-order valence-corrected chi connectivity index (χ1v) is 17.9. The molecule has 0 bridgehead atoms. The Labute approximate surface area is 308 Å². The van der Waals surface area contributed by atoms with Crippen molar-refractivity contribution in [2.24, 2.45) is 0 Å². The number of aromatic nitrogens is 8. The molecule has 9 nitrogen and oxygen atoms in total. The molecule has 0 radical (unpaired) electrons. The van der Waals surface area contributed by atoms with Crippen molar-refractivity contribution in [3.05, 3.63) is 197 Å². The van der Waals surface area contributed by atoms with E-state index >= 15 is 0 Å². The van der Waals surface area contributed by atoms with E-state index in [1.54, 1.807) is 12.3 Å². The second-order valence-electron chi connectivity index (χ2n) is 13.0. The number of rotatable bonds is 12. The largest absolute Gasteiger partial charge is 0.710 e. The molecule has 0 spiro atoms. The molecule has 0 atom stereocenters. The molecular formula is C44H38N8O. The summed E-state index contributed by atoms with van der Waals surface area (Å²) in [7, 11) is 0. The lowest BCUT2D eigenvalue weighted by Crippen LogP contribution is -2.39. The number of hydrogen-bond donors (Lipinski definition) is 0. The number of imidazole rings is 1. The SMILES string of the molecule is CCCCc1nc(-c2nccc[n+]2[O-])cn1Cc1ccc(-c2ccc(-c3nnnn3C(c3ccccc3)(c3ccccc3)c3ccccc3)cc2)cc1. The predicted octanol–water partition coefficient (Wildman–Crippen LogP) is 8.13. The van der Waals surface area contributed by atoms with Gasteiger partial charge in [0.2, 0.25) is 0 Å². The fraction of sp³-hybridized carbons (Fsp3) is 0.136. The highest BCUT2D eigenvalue weighted by Gasteiger charge is 2.41. The molecule has 0 saturated heterocycles. The van der Waals surface area contributed by atoms with Crippen LogP contribution in [0.2, 0.25) is 0 Å². The van der Waals surface area contributed by atoms with Crippen molar-refractivity contribution in [3.8, 4) is 34.0 Å². The first-order valence-electron chi connectivity index (χ1n) is 17.9. The van der Waals surface area contributed by atoms with Crippen molar-refractivity contribution >= 4 is 0 Å². The van der Waals surface area contributed by atoms with Crippen LogP contribution < -0.4 is 4.73 Å². The Hall–Kier alpha value is -6.74. The van der Waals surface area contributed by atoms with Gasteiger partial charge in [0.25, 0.3) is 0 Å². The topological polar surface area (TPSA) is 101 Å². The minimum atomic E-state index is -0.822. The molecule has 260 valence electrons. The van der Waals surface area contributed by atoms with Crippen molar-refractivity contribution in [2.75, 3.05) is 0 Å². The van der Waals surface area contributed by atoms with Crippen LogP contribution in [0.5, 0.6) is 0 Å². The highest BCUT2D eigenvalue weighted by atomic mass is 16.5. The molecule has 9 heteroatoms. The molecule has 0 saturated carbocycles. The Kier molecular flexibility index (Phi) is 9.36. The summed E-state index contributed by atoms with van der Waals surface area (Å²) in [5, 5.41) is 26.0. The summed E-state index contributed by atoms with van der Waals surface area (Å²) >= 11 is 0. The van der Waals surface area contributed by atoms with Crippen molar-refractivity contribution in [3.63, 3.8) is 0 Å². The summed E-state index contributed by atoms with van der Waals surface area (Å²) in [4.78, 5) is 9.08. The number of unbranched alkanes of at least 4 members (excludes halogenated alkanes) is 1. The third-order valence-corrected chi connectivity index (χ3v) is 9.70. The van der Waals surface area contributed by atoms with Gasteiger partial charge in [0.1, 0.15) is 17.6 Å². The van der Waals surface area contributed by atoms with Crippen LogP contribution in [-0.2, 0) is 18.5 Å². The van der Waals surface area contributed by atoms with Gasteiger partial charge in [0.05, 0.1) is 6.20 Å². The zero-order valence-electron chi connectivity index (χ0n) is 29.4. The minimum absolute atomic E-state index is 0.308. The smallest absolute Gasteiger partial charge is 0.353 e. The van der Waals surface area contributed by atoms with Crippen LogP contribution in [0.1, 0.15) is 47.8 Å². The van der Waals surface area contributed by atoms with Gasteiger partial charge in [0, 0.05) is 30.8 Å². The summed E-state index contributed by atoms with van der Waals surface area (Å²) in [6.45, 7) is 2.81. The zero-order chi connectivity index (χ0) is 36.0. The lowest BCUT2D eigenvalue weighted by molar-refractivity contribution is -0.596. The summed E-state index contributed by atoms with van der Waals surface area (Å²) in [6.07, 6.45) is 7.92. The van der Waals surface area contributed by atoms with Gasteiger partial charge < -0.3 is 9.77 Å². The number of tetrazole rings is 1. The van der Waals surface area contributed by atoms with E-state index in [2.05, 4.69) is 148 Å². The number of aryl methyl sites for hydroxylation is 1. The van der Waals surface area contributed by atoms with Crippen LogP contribution in [0.3, 0.4) is 0 Å². The molecule has 0 amide bonds. The Balaban J connectivity index is 1.10. The van der Waals surface area contributed by atoms with Crippen LogP contribution >= 0.6 is 0 Å². The number of hydrogen-bond acceptors (Lipinski definition) is 6. The van der Waals surface area contributed by atoms with E-state index in [4.69, 9.17) is 10.2 Å². The second kappa shape index (κ2) is 14.9. The van der Waals surface area contributed by atoms with Gasteiger partial charge in [-0.25, -0.2) is 14.4 Å². The second-order valence-corrected chi connectivity index (χ2v) is 13.0. The molecule has 0 aliphatic rings. The molecule has 0 unspecified atom stereocenters. The number of nitrogens with zero attached hydrogens (tertiary/aromatic N) is 8.